The molecule has 2 N–H and O–H groups in total. The molecule has 1 fully saturated rings. The Morgan fingerprint density at radius 2 is 2.12 bits per heavy atom. The van der Waals surface area contributed by atoms with Gasteiger partial charge in [0.1, 0.15) is 0 Å². The van der Waals surface area contributed by atoms with Crippen LogP contribution in [0.5, 0.6) is 0 Å². The lowest BCUT2D eigenvalue weighted by Gasteiger charge is -2.42. The van der Waals surface area contributed by atoms with Crippen LogP contribution >= 0.6 is 0 Å². The van der Waals surface area contributed by atoms with Gasteiger partial charge in [-0.25, -0.2) is 0 Å². The first-order chi connectivity index (χ1) is 7.52. The summed E-state index contributed by atoms with van der Waals surface area (Å²) in [6, 6.07) is 0. The first kappa shape index (κ1) is 14.0. The fourth-order valence-electron chi connectivity index (χ4n) is 3.10. The van der Waals surface area contributed by atoms with Crippen molar-refractivity contribution in [1.82, 2.24) is 0 Å². The predicted octanol–water partition coefficient (Wildman–Crippen LogP) is 2.97. The molecule has 0 aliphatic heterocycles. The van der Waals surface area contributed by atoms with Gasteiger partial charge in [0.2, 0.25) is 0 Å². The molecule has 0 bridgehead atoms. The molecule has 0 aromatic rings. The van der Waals surface area contributed by atoms with Crippen molar-refractivity contribution in [3.05, 3.63) is 0 Å². The van der Waals surface area contributed by atoms with Crippen LogP contribution in [0.25, 0.3) is 0 Å². The summed E-state index contributed by atoms with van der Waals surface area (Å²) in [5, 5.41) is 19.4. The smallest absolute Gasteiger partial charge is 0.0577 e. The van der Waals surface area contributed by atoms with Crippen molar-refractivity contribution in [3.63, 3.8) is 0 Å². The Labute approximate surface area is 100 Å². The Morgan fingerprint density at radius 3 is 2.62 bits per heavy atom. The van der Waals surface area contributed by atoms with Gasteiger partial charge in [-0.1, -0.05) is 33.6 Å². The summed E-state index contributed by atoms with van der Waals surface area (Å²) < 4.78 is 0. The molecule has 1 aliphatic rings. The zero-order valence-electron chi connectivity index (χ0n) is 11.1. The largest absolute Gasteiger partial charge is 0.396 e. The van der Waals surface area contributed by atoms with E-state index in [0.717, 1.165) is 12.8 Å². The summed E-state index contributed by atoms with van der Waals surface area (Å²) >= 11 is 0. The lowest BCUT2D eigenvalue weighted by molar-refractivity contribution is -0.0266. The highest BCUT2D eigenvalue weighted by molar-refractivity contribution is 4.89. The Bertz CT molecular complexity index is 205. The molecule has 0 aromatic carbocycles. The van der Waals surface area contributed by atoms with E-state index >= 15 is 0 Å². The minimum absolute atomic E-state index is 0.202. The maximum Gasteiger partial charge on any atom is 0.0577 e. The SMILES string of the molecule is CCCCC1(C)CC[C@@H](C(C)CO)[C@H](O)C1. The van der Waals surface area contributed by atoms with Gasteiger partial charge in [-0.3, -0.25) is 0 Å². The third kappa shape index (κ3) is 3.46. The van der Waals surface area contributed by atoms with Crippen molar-refractivity contribution < 1.29 is 10.2 Å². The molecule has 1 rings (SSSR count). The highest BCUT2D eigenvalue weighted by Gasteiger charge is 2.38. The molecule has 0 spiro atoms. The Balaban J connectivity index is 2.50. The van der Waals surface area contributed by atoms with Crippen LogP contribution in [-0.2, 0) is 0 Å². The lowest BCUT2D eigenvalue weighted by Crippen LogP contribution is -2.39. The van der Waals surface area contributed by atoms with Gasteiger partial charge >= 0.3 is 0 Å². The molecule has 96 valence electrons. The maximum atomic E-state index is 10.2. The zero-order chi connectivity index (χ0) is 12.2. The lowest BCUT2D eigenvalue weighted by atomic mass is 9.65. The average Bonchev–Trinajstić information content (AvgIpc) is 2.25. The highest BCUT2D eigenvalue weighted by Crippen LogP contribution is 2.44. The van der Waals surface area contributed by atoms with E-state index in [-0.39, 0.29) is 18.6 Å². The van der Waals surface area contributed by atoms with Crippen LogP contribution in [0, 0.1) is 17.3 Å². The number of hydrogen-bond acceptors (Lipinski definition) is 2. The molecule has 1 aliphatic carbocycles. The number of hydrogen-bond donors (Lipinski definition) is 2. The van der Waals surface area contributed by atoms with Crippen molar-refractivity contribution in [1.29, 1.82) is 0 Å². The minimum atomic E-state index is -0.210. The quantitative estimate of drug-likeness (QED) is 0.759. The van der Waals surface area contributed by atoms with E-state index in [1.165, 1.54) is 25.7 Å². The number of aliphatic hydroxyl groups is 2. The van der Waals surface area contributed by atoms with Crippen LogP contribution < -0.4 is 0 Å². The molecule has 0 heterocycles. The van der Waals surface area contributed by atoms with Crippen LogP contribution in [0.2, 0.25) is 0 Å². The molecular weight excluding hydrogens is 200 g/mol. The molecule has 0 amide bonds. The predicted molar refractivity (Wildman–Crippen MR) is 67.2 cm³/mol. The normalized spacial score (nSPS) is 37.3. The van der Waals surface area contributed by atoms with E-state index in [1.807, 2.05) is 6.92 Å². The van der Waals surface area contributed by atoms with Gasteiger partial charge in [0.05, 0.1) is 6.10 Å². The summed E-state index contributed by atoms with van der Waals surface area (Å²) in [6.45, 7) is 6.78. The number of rotatable bonds is 5. The van der Waals surface area contributed by atoms with Gasteiger partial charge in [0, 0.05) is 6.61 Å². The second kappa shape index (κ2) is 6.02. The molecule has 2 nitrogen and oxygen atoms in total. The van der Waals surface area contributed by atoms with Gasteiger partial charge in [-0.05, 0) is 42.9 Å². The van der Waals surface area contributed by atoms with E-state index in [4.69, 9.17) is 5.11 Å². The van der Waals surface area contributed by atoms with E-state index in [2.05, 4.69) is 13.8 Å². The minimum Gasteiger partial charge on any atom is -0.396 e. The van der Waals surface area contributed by atoms with E-state index < -0.39 is 0 Å². The molecule has 2 unspecified atom stereocenters. The molecular formula is C14H28O2. The fourth-order valence-corrected chi connectivity index (χ4v) is 3.10. The second-order valence-electron chi connectivity index (χ2n) is 6.05. The van der Waals surface area contributed by atoms with Crippen LogP contribution in [0.3, 0.4) is 0 Å². The molecule has 4 atom stereocenters. The van der Waals surface area contributed by atoms with Crippen molar-refractivity contribution in [2.24, 2.45) is 17.3 Å². The topological polar surface area (TPSA) is 40.5 Å². The molecule has 2 heteroatoms. The summed E-state index contributed by atoms with van der Waals surface area (Å²) in [5.74, 6) is 0.547. The van der Waals surface area contributed by atoms with Gasteiger partial charge < -0.3 is 10.2 Å². The summed E-state index contributed by atoms with van der Waals surface area (Å²) in [7, 11) is 0. The summed E-state index contributed by atoms with van der Waals surface area (Å²) in [5.41, 5.74) is 0.334. The van der Waals surface area contributed by atoms with E-state index in [1.54, 1.807) is 0 Å². The van der Waals surface area contributed by atoms with Crippen molar-refractivity contribution in [3.8, 4) is 0 Å². The summed E-state index contributed by atoms with van der Waals surface area (Å²) in [4.78, 5) is 0. The second-order valence-corrected chi connectivity index (χ2v) is 6.05. The van der Waals surface area contributed by atoms with Crippen molar-refractivity contribution >= 4 is 0 Å². The number of unbranched alkanes of at least 4 members (excludes halogenated alkanes) is 1. The first-order valence-electron chi connectivity index (χ1n) is 6.81. The Morgan fingerprint density at radius 1 is 1.44 bits per heavy atom. The van der Waals surface area contributed by atoms with Crippen LogP contribution in [0.15, 0.2) is 0 Å². The van der Waals surface area contributed by atoms with Gasteiger partial charge in [0.25, 0.3) is 0 Å². The molecule has 0 radical (unpaired) electrons. The van der Waals surface area contributed by atoms with Crippen LogP contribution in [0.4, 0.5) is 0 Å². The van der Waals surface area contributed by atoms with Crippen LogP contribution in [0.1, 0.15) is 59.3 Å². The van der Waals surface area contributed by atoms with Crippen molar-refractivity contribution in [2.75, 3.05) is 6.61 Å². The Hall–Kier alpha value is -0.0800. The molecule has 16 heavy (non-hydrogen) atoms. The van der Waals surface area contributed by atoms with Crippen molar-refractivity contribution in [2.45, 2.75) is 65.4 Å². The summed E-state index contributed by atoms with van der Waals surface area (Å²) in [6.07, 6.45) is 6.73. The third-order valence-electron chi connectivity index (χ3n) is 4.43. The molecule has 0 aromatic heterocycles. The van der Waals surface area contributed by atoms with E-state index in [9.17, 15) is 5.11 Å². The standard InChI is InChI=1S/C14H28O2/c1-4-5-7-14(3)8-6-12(11(2)10-15)13(16)9-14/h11-13,15-16H,4-10H2,1-3H3/t11?,12-,13+,14?/m0/s1. The van der Waals surface area contributed by atoms with E-state index in [0.29, 0.717) is 11.3 Å². The Kier molecular flexibility index (Phi) is 5.26. The fraction of sp³-hybridized carbons (Fsp3) is 1.00. The van der Waals surface area contributed by atoms with Crippen LogP contribution in [-0.4, -0.2) is 22.9 Å². The third-order valence-corrected chi connectivity index (χ3v) is 4.43. The van der Waals surface area contributed by atoms with Gasteiger partial charge in [-0.15, -0.1) is 0 Å². The molecule has 1 saturated carbocycles. The molecule has 0 saturated heterocycles. The monoisotopic (exact) mass is 228 g/mol. The highest BCUT2D eigenvalue weighted by atomic mass is 16.3. The average molecular weight is 228 g/mol. The van der Waals surface area contributed by atoms with Gasteiger partial charge in [-0.2, -0.15) is 0 Å². The first-order valence-corrected chi connectivity index (χ1v) is 6.81. The zero-order valence-corrected chi connectivity index (χ0v) is 11.1. The number of aliphatic hydroxyl groups excluding tert-OH is 2. The maximum absolute atomic E-state index is 10.2. The van der Waals surface area contributed by atoms with Gasteiger partial charge in [0.15, 0.2) is 0 Å².